The van der Waals surface area contributed by atoms with E-state index in [2.05, 4.69) is 41.5 Å². The summed E-state index contributed by atoms with van der Waals surface area (Å²) in [6.07, 6.45) is 0. The van der Waals surface area contributed by atoms with E-state index in [0.717, 1.165) is 22.4 Å². The standard InChI is InChI=1S/C24H31N5O2S/c1-15(2)20-11-8-17(4)12-21(20)31-14-22-27-28-24(29(22)25)32-18(5)23(30)26-13-19-9-6-16(3)7-10-19/h6-12,15,18H,13-14,25H2,1-5H3,(H,26,30). The van der Waals surface area contributed by atoms with Crippen LogP contribution in [0, 0.1) is 13.8 Å². The van der Waals surface area contributed by atoms with Crippen LogP contribution in [-0.4, -0.2) is 26.0 Å². The van der Waals surface area contributed by atoms with Gasteiger partial charge in [0.1, 0.15) is 12.4 Å². The van der Waals surface area contributed by atoms with Gasteiger partial charge in [-0.1, -0.05) is 67.6 Å². The number of carbonyl (C=O) groups excluding carboxylic acids is 1. The van der Waals surface area contributed by atoms with Crippen LogP contribution in [-0.2, 0) is 17.9 Å². The van der Waals surface area contributed by atoms with Crippen molar-refractivity contribution in [2.45, 2.75) is 64.1 Å². The molecular weight excluding hydrogens is 422 g/mol. The molecule has 1 unspecified atom stereocenters. The molecule has 3 N–H and O–H groups in total. The van der Waals surface area contributed by atoms with Gasteiger partial charge in [0.15, 0.2) is 5.82 Å². The maximum absolute atomic E-state index is 12.5. The van der Waals surface area contributed by atoms with Crippen molar-refractivity contribution in [3.05, 3.63) is 70.5 Å². The Labute approximate surface area is 193 Å². The van der Waals surface area contributed by atoms with E-state index in [9.17, 15) is 4.79 Å². The summed E-state index contributed by atoms with van der Waals surface area (Å²) in [4.78, 5) is 12.5. The second-order valence-electron chi connectivity index (χ2n) is 8.22. The average molecular weight is 454 g/mol. The number of hydrogen-bond acceptors (Lipinski definition) is 6. The number of carbonyl (C=O) groups is 1. The van der Waals surface area contributed by atoms with Crippen LogP contribution in [0.5, 0.6) is 5.75 Å². The van der Waals surface area contributed by atoms with Crippen molar-refractivity contribution in [1.29, 1.82) is 0 Å². The molecule has 32 heavy (non-hydrogen) atoms. The number of ether oxygens (including phenoxy) is 1. The van der Waals surface area contributed by atoms with Gasteiger partial charge in [-0.25, -0.2) is 4.68 Å². The highest BCUT2D eigenvalue weighted by molar-refractivity contribution is 8.00. The van der Waals surface area contributed by atoms with Gasteiger partial charge in [-0.05, 0) is 49.4 Å². The molecule has 0 bridgehead atoms. The lowest BCUT2D eigenvalue weighted by molar-refractivity contribution is -0.120. The summed E-state index contributed by atoms with van der Waals surface area (Å²) in [7, 11) is 0. The molecule has 8 heteroatoms. The number of nitrogen functional groups attached to an aromatic ring is 1. The van der Waals surface area contributed by atoms with Crippen molar-refractivity contribution in [1.82, 2.24) is 20.2 Å². The molecular formula is C24H31N5O2S. The van der Waals surface area contributed by atoms with Gasteiger partial charge in [-0.15, -0.1) is 10.2 Å². The van der Waals surface area contributed by atoms with Gasteiger partial charge in [-0.3, -0.25) is 4.79 Å². The van der Waals surface area contributed by atoms with Crippen molar-refractivity contribution < 1.29 is 9.53 Å². The second-order valence-corrected chi connectivity index (χ2v) is 9.52. The number of benzene rings is 2. The largest absolute Gasteiger partial charge is 0.485 e. The molecule has 0 aliphatic heterocycles. The molecule has 1 amide bonds. The zero-order chi connectivity index (χ0) is 23.3. The maximum atomic E-state index is 12.5. The van der Waals surface area contributed by atoms with Gasteiger partial charge in [0, 0.05) is 6.54 Å². The molecule has 170 valence electrons. The quantitative estimate of drug-likeness (QED) is 0.374. The Hall–Kier alpha value is -3.00. The topological polar surface area (TPSA) is 95.1 Å². The number of aryl methyl sites for hydroxylation is 2. The fourth-order valence-corrected chi connectivity index (χ4v) is 3.94. The number of hydrogen-bond donors (Lipinski definition) is 2. The summed E-state index contributed by atoms with van der Waals surface area (Å²) in [5.41, 5.74) is 4.50. The molecule has 1 atom stereocenters. The van der Waals surface area contributed by atoms with Gasteiger partial charge in [0.2, 0.25) is 11.1 Å². The molecule has 0 aliphatic carbocycles. The zero-order valence-corrected chi connectivity index (χ0v) is 20.1. The van der Waals surface area contributed by atoms with Crippen molar-refractivity contribution in [3.8, 4) is 5.75 Å². The van der Waals surface area contributed by atoms with E-state index in [0.29, 0.717) is 23.4 Å². The first kappa shape index (κ1) is 23.7. The highest BCUT2D eigenvalue weighted by Crippen LogP contribution is 2.28. The number of nitrogens with zero attached hydrogens (tertiary/aromatic N) is 3. The van der Waals surface area contributed by atoms with Crippen LogP contribution < -0.4 is 15.9 Å². The van der Waals surface area contributed by atoms with Crippen LogP contribution in [0.4, 0.5) is 0 Å². The highest BCUT2D eigenvalue weighted by Gasteiger charge is 2.20. The molecule has 7 nitrogen and oxygen atoms in total. The Bertz CT molecular complexity index is 1060. The minimum absolute atomic E-state index is 0.0855. The average Bonchev–Trinajstić information content (AvgIpc) is 3.10. The third kappa shape index (κ3) is 6.03. The van der Waals surface area contributed by atoms with E-state index < -0.39 is 0 Å². The Balaban J connectivity index is 1.58. The first-order valence-electron chi connectivity index (χ1n) is 10.7. The van der Waals surface area contributed by atoms with Crippen molar-refractivity contribution >= 4 is 17.7 Å². The molecule has 0 radical (unpaired) electrons. The molecule has 0 saturated carbocycles. The number of aromatic nitrogens is 3. The van der Waals surface area contributed by atoms with Crippen LogP contribution >= 0.6 is 11.8 Å². The highest BCUT2D eigenvalue weighted by atomic mass is 32.2. The molecule has 3 aromatic rings. The fraction of sp³-hybridized carbons (Fsp3) is 0.375. The van der Waals surface area contributed by atoms with E-state index in [4.69, 9.17) is 10.6 Å². The molecule has 0 aliphatic rings. The molecule has 1 heterocycles. The molecule has 0 saturated heterocycles. The maximum Gasteiger partial charge on any atom is 0.233 e. The predicted molar refractivity (Wildman–Crippen MR) is 128 cm³/mol. The first-order chi connectivity index (χ1) is 15.2. The fourth-order valence-electron chi connectivity index (χ4n) is 3.12. The SMILES string of the molecule is Cc1ccc(CNC(=O)C(C)Sc2nnc(COc3cc(C)ccc3C(C)C)n2N)cc1. The zero-order valence-electron chi connectivity index (χ0n) is 19.3. The number of thioether (sulfide) groups is 1. The number of nitrogens with two attached hydrogens (primary N) is 1. The van der Waals surface area contributed by atoms with E-state index in [-0.39, 0.29) is 17.8 Å². The third-order valence-corrected chi connectivity index (χ3v) is 6.18. The van der Waals surface area contributed by atoms with Crippen molar-refractivity contribution in [3.63, 3.8) is 0 Å². The van der Waals surface area contributed by atoms with Gasteiger partial charge in [0.05, 0.1) is 5.25 Å². The van der Waals surface area contributed by atoms with Crippen LogP contribution in [0.15, 0.2) is 47.6 Å². The Morgan fingerprint density at radius 1 is 1.09 bits per heavy atom. The smallest absolute Gasteiger partial charge is 0.233 e. The lowest BCUT2D eigenvalue weighted by Gasteiger charge is -2.15. The Kier molecular flexibility index (Phi) is 7.80. The summed E-state index contributed by atoms with van der Waals surface area (Å²) < 4.78 is 7.40. The molecule has 3 rings (SSSR count). The van der Waals surface area contributed by atoms with Crippen LogP contribution in [0.2, 0.25) is 0 Å². The normalized spacial score (nSPS) is 12.1. The van der Waals surface area contributed by atoms with Crippen LogP contribution in [0.3, 0.4) is 0 Å². The van der Waals surface area contributed by atoms with E-state index in [1.165, 1.54) is 22.0 Å². The minimum atomic E-state index is -0.370. The van der Waals surface area contributed by atoms with Crippen LogP contribution in [0.1, 0.15) is 54.8 Å². The van der Waals surface area contributed by atoms with Crippen LogP contribution in [0.25, 0.3) is 0 Å². The lowest BCUT2D eigenvalue weighted by atomic mass is 10.0. The molecule has 2 aromatic carbocycles. The van der Waals surface area contributed by atoms with E-state index >= 15 is 0 Å². The minimum Gasteiger partial charge on any atom is -0.485 e. The molecule has 0 spiro atoms. The van der Waals surface area contributed by atoms with E-state index in [1.54, 1.807) is 0 Å². The summed E-state index contributed by atoms with van der Waals surface area (Å²) in [6, 6.07) is 14.3. The summed E-state index contributed by atoms with van der Waals surface area (Å²) in [5.74, 6) is 7.75. The lowest BCUT2D eigenvalue weighted by Crippen LogP contribution is -2.31. The first-order valence-corrected chi connectivity index (χ1v) is 11.5. The van der Waals surface area contributed by atoms with Crippen molar-refractivity contribution in [2.24, 2.45) is 0 Å². The third-order valence-electron chi connectivity index (χ3n) is 5.12. The summed E-state index contributed by atoms with van der Waals surface area (Å²) in [5, 5.41) is 11.3. The van der Waals surface area contributed by atoms with Crippen molar-refractivity contribution in [2.75, 3.05) is 5.84 Å². The Morgan fingerprint density at radius 3 is 2.47 bits per heavy atom. The molecule has 0 fully saturated rings. The molecule has 1 aromatic heterocycles. The predicted octanol–water partition coefficient (Wildman–Crippen LogP) is 4.11. The number of amides is 1. The van der Waals surface area contributed by atoms with Gasteiger partial charge >= 0.3 is 0 Å². The van der Waals surface area contributed by atoms with E-state index in [1.807, 2.05) is 51.1 Å². The summed E-state index contributed by atoms with van der Waals surface area (Å²) in [6.45, 7) is 10.8. The second kappa shape index (κ2) is 10.5. The number of nitrogens with one attached hydrogen (secondary N) is 1. The summed E-state index contributed by atoms with van der Waals surface area (Å²) >= 11 is 1.27. The van der Waals surface area contributed by atoms with Gasteiger partial charge in [-0.2, -0.15) is 0 Å². The number of rotatable bonds is 9. The van der Waals surface area contributed by atoms with Gasteiger partial charge < -0.3 is 15.9 Å². The Morgan fingerprint density at radius 2 is 1.78 bits per heavy atom. The monoisotopic (exact) mass is 453 g/mol. The van der Waals surface area contributed by atoms with Gasteiger partial charge in [0.25, 0.3) is 0 Å².